The van der Waals surface area contributed by atoms with E-state index in [2.05, 4.69) is 4.74 Å². The Morgan fingerprint density at radius 3 is 3.17 bits per heavy atom. The molecule has 0 atom stereocenters. The average Bonchev–Trinajstić information content (AvgIpc) is 2.17. The summed E-state index contributed by atoms with van der Waals surface area (Å²) in [4.78, 5) is 12.2. The van der Waals surface area contributed by atoms with Crippen LogP contribution in [0.25, 0.3) is 0 Å². The Kier molecular flexibility index (Phi) is 2.49. The molecular formula is C8H8N2O2. The van der Waals surface area contributed by atoms with Crippen molar-refractivity contribution in [3.8, 4) is 6.07 Å². The van der Waals surface area contributed by atoms with E-state index in [4.69, 9.17) is 5.26 Å². The zero-order chi connectivity index (χ0) is 8.97. The molecule has 0 fully saturated rings. The number of hydrogen-bond acceptors (Lipinski definition) is 3. The van der Waals surface area contributed by atoms with Gasteiger partial charge in [-0.15, -0.1) is 0 Å². The monoisotopic (exact) mass is 164 g/mol. The van der Waals surface area contributed by atoms with E-state index in [1.165, 1.54) is 18.2 Å². The molecule has 0 unspecified atom stereocenters. The standard InChI is InChI=1S/C8H8N2O2/c1-12-8(11)10-4-2-3-7(5-9)6-10/h2,4,6H,3H2,1H3. The van der Waals surface area contributed by atoms with E-state index in [9.17, 15) is 4.79 Å². The smallest absolute Gasteiger partial charge is 0.417 e. The van der Waals surface area contributed by atoms with Gasteiger partial charge in [0.2, 0.25) is 0 Å². The van der Waals surface area contributed by atoms with Crippen LogP contribution in [0.15, 0.2) is 24.0 Å². The minimum atomic E-state index is -0.487. The number of methoxy groups -OCH3 is 1. The summed E-state index contributed by atoms with van der Waals surface area (Å²) < 4.78 is 4.46. The number of carbonyl (C=O) groups is 1. The molecule has 1 aliphatic rings. The molecule has 1 rings (SSSR count). The number of carbonyl (C=O) groups excluding carboxylic acids is 1. The maximum Gasteiger partial charge on any atom is 0.417 e. The third-order valence-electron chi connectivity index (χ3n) is 1.43. The van der Waals surface area contributed by atoms with Gasteiger partial charge in [0.1, 0.15) is 0 Å². The van der Waals surface area contributed by atoms with E-state index in [0.29, 0.717) is 12.0 Å². The number of allylic oxidation sites excluding steroid dienone is 2. The van der Waals surface area contributed by atoms with Crippen LogP contribution in [-0.2, 0) is 4.74 Å². The Labute approximate surface area is 70.3 Å². The first-order chi connectivity index (χ1) is 5.77. The highest BCUT2D eigenvalue weighted by molar-refractivity contribution is 5.70. The molecule has 0 aromatic carbocycles. The lowest BCUT2D eigenvalue weighted by Crippen LogP contribution is -2.21. The summed E-state index contributed by atoms with van der Waals surface area (Å²) in [6.07, 6.45) is 4.86. The van der Waals surface area contributed by atoms with E-state index >= 15 is 0 Å². The second-order valence-electron chi connectivity index (χ2n) is 2.23. The molecule has 0 aromatic heterocycles. The number of hydrogen-bond donors (Lipinski definition) is 0. The van der Waals surface area contributed by atoms with Crippen molar-refractivity contribution in [1.29, 1.82) is 5.26 Å². The van der Waals surface area contributed by atoms with E-state index in [1.807, 2.05) is 6.07 Å². The Hall–Kier alpha value is -1.76. The zero-order valence-corrected chi connectivity index (χ0v) is 6.65. The highest BCUT2D eigenvalue weighted by Crippen LogP contribution is 2.11. The largest absolute Gasteiger partial charge is 0.452 e. The topological polar surface area (TPSA) is 53.3 Å². The van der Waals surface area contributed by atoms with Crippen molar-refractivity contribution in [1.82, 2.24) is 4.90 Å². The second-order valence-corrected chi connectivity index (χ2v) is 2.23. The zero-order valence-electron chi connectivity index (χ0n) is 6.65. The Bertz CT molecular complexity index is 286. The molecule has 4 heteroatoms. The van der Waals surface area contributed by atoms with Gasteiger partial charge in [0.15, 0.2) is 0 Å². The van der Waals surface area contributed by atoms with Crippen molar-refractivity contribution < 1.29 is 9.53 Å². The lowest BCUT2D eigenvalue weighted by Gasteiger charge is -2.14. The Morgan fingerprint density at radius 2 is 2.58 bits per heavy atom. The minimum absolute atomic E-state index is 0.487. The summed E-state index contributed by atoms with van der Waals surface area (Å²) in [6, 6.07) is 1.97. The normalized spacial score (nSPS) is 15.0. The number of amides is 1. The van der Waals surface area contributed by atoms with Crippen LogP contribution in [-0.4, -0.2) is 18.1 Å². The summed E-state index contributed by atoms with van der Waals surface area (Å²) in [5.41, 5.74) is 0.544. The molecule has 0 radical (unpaired) electrons. The third-order valence-corrected chi connectivity index (χ3v) is 1.43. The van der Waals surface area contributed by atoms with Crippen molar-refractivity contribution in [3.63, 3.8) is 0 Å². The first-order valence-electron chi connectivity index (χ1n) is 3.41. The summed E-state index contributed by atoms with van der Waals surface area (Å²) in [7, 11) is 1.30. The molecule has 0 N–H and O–H groups in total. The van der Waals surface area contributed by atoms with Crippen molar-refractivity contribution in [2.45, 2.75) is 6.42 Å². The summed E-state index contributed by atoms with van der Waals surface area (Å²) in [6.45, 7) is 0. The molecule has 0 saturated heterocycles. The number of rotatable bonds is 0. The molecule has 62 valence electrons. The summed E-state index contributed by atoms with van der Waals surface area (Å²) in [5, 5.41) is 8.53. The first-order valence-corrected chi connectivity index (χ1v) is 3.41. The lowest BCUT2D eigenvalue weighted by atomic mass is 10.2. The maximum atomic E-state index is 10.9. The SMILES string of the molecule is COC(=O)N1C=CCC(C#N)=C1. The molecule has 0 aromatic rings. The fourth-order valence-corrected chi connectivity index (χ4v) is 0.850. The fraction of sp³-hybridized carbons (Fsp3) is 0.250. The quantitative estimate of drug-likeness (QED) is 0.543. The number of ether oxygens (including phenoxy) is 1. The fourth-order valence-electron chi connectivity index (χ4n) is 0.850. The molecular weight excluding hydrogens is 156 g/mol. The average molecular weight is 164 g/mol. The molecule has 1 heterocycles. The molecule has 0 bridgehead atoms. The van der Waals surface area contributed by atoms with Gasteiger partial charge in [-0.1, -0.05) is 6.08 Å². The van der Waals surface area contributed by atoms with Crippen LogP contribution in [0, 0.1) is 11.3 Å². The van der Waals surface area contributed by atoms with Crippen LogP contribution in [0.5, 0.6) is 0 Å². The van der Waals surface area contributed by atoms with E-state index in [-0.39, 0.29) is 0 Å². The van der Waals surface area contributed by atoms with Gasteiger partial charge >= 0.3 is 6.09 Å². The number of nitrogens with zero attached hydrogens (tertiary/aromatic N) is 2. The van der Waals surface area contributed by atoms with Gasteiger partial charge in [0, 0.05) is 18.8 Å². The van der Waals surface area contributed by atoms with Gasteiger partial charge in [0.25, 0.3) is 0 Å². The number of nitriles is 1. The van der Waals surface area contributed by atoms with Crippen molar-refractivity contribution in [3.05, 3.63) is 24.0 Å². The van der Waals surface area contributed by atoms with Gasteiger partial charge in [-0.2, -0.15) is 5.26 Å². The van der Waals surface area contributed by atoms with Crippen LogP contribution in [0.4, 0.5) is 4.79 Å². The molecule has 1 aliphatic heterocycles. The van der Waals surface area contributed by atoms with E-state index in [1.54, 1.807) is 12.3 Å². The van der Waals surface area contributed by atoms with Gasteiger partial charge in [-0.05, 0) is 0 Å². The molecule has 1 amide bonds. The Balaban J connectivity index is 2.74. The molecule has 4 nitrogen and oxygen atoms in total. The molecule has 0 saturated carbocycles. The lowest BCUT2D eigenvalue weighted by molar-refractivity contribution is 0.151. The Morgan fingerprint density at radius 1 is 1.83 bits per heavy atom. The van der Waals surface area contributed by atoms with Crippen LogP contribution in [0.2, 0.25) is 0 Å². The van der Waals surface area contributed by atoms with Crippen LogP contribution < -0.4 is 0 Å². The van der Waals surface area contributed by atoms with Crippen molar-refractivity contribution >= 4 is 6.09 Å². The van der Waals surface area contributed by atoms with E-state index < -0.39 is 6.09 Å². The van der Waals surface area contributed by atoms with Crippen LogP contribution >= 0.6 is 0 Å². The van der Waals surface area contributed by atoms with Crippen LogP contribution in [0.1, 0.15) is 6.42 Å². The molecule has 12 heavy (non-hydrogen) atoms. The van der Waals surface area contributed by atoms with Gasteiger partial charge in [-0.25, -0.2) is 4.79 Å². The predicted octanol–water partition coefficient (Wildman–Crippen LogP) is 1.38. The highest BCUT2D eigenvalue weighted by Gasteiger charge is 2.11. The van der Waals surface area contributed by atoms with Gasteiger partial charge in [0.05, 0.1) is 18.8 Å². The van der Waals surface area contributed by atoms with Crippen LogP contribution in [0.3, 0.4) is 0 Å². The van der Waals surface area contributed by atoms with E-state index in [0.717, 1.165) is 0 Å². The second kappa shape index (κ2) is 3.58. The third kappa shape index (κ3) is 1.64. The van der Waals surface area contributed by atoms with Gasteiger partial charge < -0.3 is 4.74 Å². The maximum absolute atomic E-state index is 10.9. The minimum Gasteiger partial charge on any atom is -0.452 e. The van der Waals surface area contributed by atoms with Gasteiger partial charge in [-0.3, -0.25) is 4.90 Å². The summed E-state index contributed by atoms with van der Waals surface area (Å²) in [5.74, 6) is 0. The summed E-state index contributed by atoms with van der Waals surface area (Å²) >= 11 is 0. The predicted molar refractivity (Wildman–Crippen MR) is 41.7 cm³/mol. The van der Waals surface area contributed by atoms with Crippen molar-refractivity contribution in [2.24, 2.45) is 0 Å². The first kappa shape index (κ1) is 8.34. The van der Waals surface area contributed by atoms with Crippen molar-refractivity contribution in [2.75, 3.05) is 7.11 Å². The molecule has 0 aliphatic carbocycles. The molecule has 0 spiro atoms. The highest BCUT2D eigenvalue weighted by atomic mass is 16.5.